The lowest BCUT2D eigenvalue weighted by Crippen LogP contribution is -1.92. The first-order valence-electron chi connectivity index (χ1n) is 23.9. The Hall–Kier alpha value is -6.70. The van der Waals surface area contributed by atoms with Crippen LogP contribution >= 0.6 is 0 Å². The van der Waals surface area contributed by atoms with Crippen molar-refractivity contribution in [2.45, 2.75) is 0 Å². The zero-order valence-corrected chi connectivity index (χ0v) is 26.6. The molecule has 0 aliphatic rings. The highest BCUT2D eigenvalue weighted by molar-refractivity contribution is 6.26. The summed E-state index contributed by atoms with van der Waals surface area (Å²) >= 11 is 0. The molecule has 0 saturated heterocycles. The summed E-state index contributed by atoms with van der Waals surface area (Å²) in [5, 5.41) is 3.34. The number of para-hydroxylation sites is 1. The fraction of sp³-hybridized carbons (Fsp3) is 0. The van der Waals surface area contributed by atoms with Gasteiger partial charge in [0, 0.05) is 16.3 Å². The largest absolute Gasteiger partial charge is 0.455 e. The molecule has 1 aromatic heterocycles. The maximum Gasteiger partial charge on any atom is 0.143 e. The molecular weight excluding hydrogens is 617 g/mol. The molecule has 10 aromatic carbocycles. The van der Waals surface area contributed by atoms with Crippen LogP contribution in [0.5, 0.6) is 0 Å². The van der Waals surface area contributed by atoms with Gasteiger partial charge in [-0.2, -0.15) is 0 Å². The lowest BCUT2D eigenvalue weighted by atomic mass is 9.83. The van der Waals surface area contributed by atoms with Gasteiger partial charge in [-0.05, 0) is 87.7 Å². The third-order valence-electron chi connectivity index (χ3n) is 9.81. The van der Waals surface area contributed by atoms with Crippen molar-refractivity contribution in [3.05, 3.63) is 182 Å². The van der Waals surface area contributed by atoms with E-state index >= 15 is 0 Å². The van der Waals surface area contributed by atoms with Gasteiger partial charge in [0.1, 0.15) is 11.2 Å². The first-order chi connectivity index (χ1) is 31.6. The van der Waals surface area contributed by atoms with Crippen LogP contribution in [0.25, 0.3) is 109 Å². The van der Waals surface area contributed by atoms with Crippen LogP contribution in [-0.2, 0) is 0 Å². The molecule has 0 fully saturated rings. The van der Waals surface area contributed by atoms with Gasteiger partial charge in [0.25, 0.3) is 0 Å². The van der Waals surface area contributed by atoms with Crippen LogP contribution in [0.2, 0.25) is 0 Å². The van der Waals surface area contributed by atoms with Crippen LogP contribution in [0.1, 0.15) is 20.6 Å². The van der Waals surface area contributed by atoms with E-state index in [4.69, 9.17) is 18.1 Å². The van der Waals surface area contributed by atoms with E-state index in [-0.39, 0.29) is 32.7 Å². The first kappa shape index (κ1) is 17.3. The maximum atomic E-state index is 9.56. The van der Waals surface area contributed by atoms with Crippen LogP contribution in [0.15, 0.2) is 186 Å². The Morgan fingerprint density at radius 3 is 1.63 bits per heavy atom. The summed E-state index contributed by atoms with van der Waals surface area (Å²) in [7, 11) is 0. The second-order valence-electron chi connectivity index (χ2n) is 12.4. The standard InChI is InChI=1S/C50H30O/c1-3-16-33-31(13-1)15-9-25-38(33)47-40-18-5-7-20-42(40)48(43-21-8-6-19-41(43)47)39-26-11-22-35-36(39)23-10-24-37(35)44-27-12-28-45-49-34-17-4-2-14-32(34)29-30-46(49)51-50(44)45/h1-30H/i1D,3D,5D,6D,7D,8D,9D,13D,15D,16D,18D,19D,20D,21D,25D. The Morgan fingerprint density at radius 1 is 0.333 bits per heavy atom. The predicted octanol–water partition coefficient (Wildman–Crippen LogP) is 14.4. The molecule has 1 heterocycles. The maximum absolute atomic E-state index is 9.56. The van der Waals surface area contributed by atoms with Gasteiger partial charge in [-0.25, -0.2) is 0 Å². The summed E-state index contributed by atoms with van der Waals surface area (Å²) in [4.78, 5) is 0. The predicted molar refractivity (Wildman–Crippen MR) is 218 cm³/mol. The van der Waals surface area contributed by atoms with Gasteiger partial charge in [0.2, 0.25) is 0 Å². The molecule has 236 valence electrons. The third kappa shape index (κ3) is 4.09. The average molecular weight is 662 g/mol. The Morgan fingerprint density at radius 2 is 0.882 bits per heavy atom. The van der Waals surface area contributed by atoms with Gasteiger partial charge in [0.15, 0.2) is 0 Å². The highest BCUT2D eigenvalue weighted by Crippen LogP contribution is 2.48. The third-order valence-corrected chi connectivity index (χ3v) is 9.81. The molecule has 0 N–H and O–H groups in total. The number of furan rings is 1. The number of benzene rings is 10. The topological polar surface area (TPSA) is 13.1 Å². The minimum Gasteiger partial charge on any atom is -0.455 e. The number of fused-ring (bicyclic) bond motifs is 9. The molecule has 0 atom stereocenters. The second kappa shape index (κ2) is 10.9. The summed E-state index contributed by atoms with van der Waals surface area (Å²) in [6.45, 7) is 0. The van der Waals surface area contributed by atoms with Gasteiger partial charge in [0.05, 0.1) is 20.6 Å². The van der Waals surface area contributed by atoms with Crippen LogP contribution in [0, 0.1) is 0 Å². The minimum absolute atomic E-state index is 0.0277. The molecule has 0 bridgehead atoms. The van der Waals surface area contributed by atoms with E-state index < -0.39 is 107 Å². The van der Waals surface area contributed by atoms with Crippen molar-refractivity contribution in [1.29, 1.82) is 0 Å². The van der Waals surface area contributed by atoms with Crippen LogP contribution in [0.4, 0.5) is 0 Å². The highest BCUT2D eigenvalue weighted by atomic mass is 16.3. The molecule has 0 spiro atoms. The molecule has 0 saturated carbocycles. The van der Waals surface area contributed by atoms with Gasteiger partial charge in [-0.1, -0.05) is 176 Å². The van der Waals surface area contributed by atoms with Gasteiger partial charge < -0.3 is 4.42 Å². The monoisotopic (exact) mass is 661 g/mol. The number of hydrogen-bond acceptors (Lipinski definition) is 1. The SMILES string of the molecule is [2H]c1c([2H])c([2H])c2c(-c3c4c([2H])c([2H])c([2H])c([2H])c4c(-c4cccc5c(-c6cccc7c6oc6ccc8ccccc8c67)cccc45)c4c([2H])c([2H])c([2H])c([2H])c34)c([2H])c([2H])c([2H])c2c1[2H]. The molecule has 1 heteroatoms. The van der Waals surface area contributed by atoms with Crippen molar-refractivity contribution in [3.63, 3.8) is 0 Å². The smallest absolute Gasteiger partial charge is 0.143 e. The van der Waals surface area contributed by atoms with E-state index in [1.54, 1.807) is 12.1 Å². The molecule has 51 heavy (non-hydrogen) atoms. The number of hydrogen-bond donors (Lipinski definition) is 0. The molecule has 0 radical (unpaired) electrons. The van der Waals surface area contributed by atoms with E-state index in [1.165, 1.54) is 0 Å². The highest BCUT2D eigenvalue weighted by Gasteiger charge is 2.21. The second-order valence-corrected chi connectivity index (χ2v) is 12.4. The summed E-state index contributed by atoms with van der Waals surface area (Å²) in [5.74, 6) is 0. The summed E-state index contributed by atoms with van der Waals surface area (Å²) in [6.07, 6.45) is 0. The van der Waals surface area contributed by atoms with Gasteiger partial charge in [-0.3, -0.25) is 0 Å². The quantitative estimate of drug-likeness (QED) is 0.172. The Kier molecular flexibility index (Phi) is 3.70. The van der Waals surface area contributed by atoms with E-state index in [9.17, 15) is 6.85 Å². The first-order valence-corrected chi connectivity index (χ1v) is 16.4. The van der Waals surface area contributed by atoms with Crippen molar-refractivity contribution in [3.8, 4) is 33.4 Å². The summed E-state index contributed by atoms with van der Waals surface area (Å²) in [6, 6.07) is 18.6. The minimum atomic E-state index is -0.760. The summed E-state index contributed by atoms with van der Waals surface area (Å²) < 4.78 is 143. The van der Waals surface area contributed by atoms with Crippen molar-refractivity contribution < 1.29 is 25.0 Å². The molecule has 0 unspecified atom stereocenters. The summed E-state index contributed by atoms with van der Waals surface area (Å²) in [5.41, 5.74) is 2.40. The lowest BCUT2D eigenvalue weighted by molar-refractivity contribution is 0.670. The van der Waals surface area contributed by atoms with Crippen molar-refractivity contribution in [2.75, 3.05) is 0 Å². The van der Waals surface area contributed by atoms with E-state index in [0.717, 1.165) is 32.7 Å². The Bertz CT molecular complexity index is 3970. The van der Waals surface area contributed by atoms with Crippen LogP contribution in [-0.4, -0.2) is 0 Å². The molecule has 0 amide bonds. The normalized spacial score (nSPS) is 16.0. The zero-order valence-electron chi connectivity index (χ0n) is 41.6. The molecular formula is C50H30O. The average Bonchev–Trinajstić information content (AvgIpc) is 3.72. The van der Waals surface area contributed by atoms with Crippen molar-refractivity contribution in [2.24, 2.45) is 0 Å². The Labute approximate surface area is 315 Å². The molecule has 0 aliphatic heterocycles. The molecule has 11 rings (SSSR count). The van der Waals surface area contributed by atoms with Crippen molar-refractivity contribution in [1.82, 2.24) is 0 Å². The fourth-order valence-corrected chi connectivity index (χ4v) is 7.69. The van der Waals surface area contributed by atoms with Gasteiger partial charge >= 0.3 is 0 Å². The van der Waals surface area contributed by atoms with Crippen LogP contribution in [0.3, 0.4) is 0 Å². The molecule has 0 aliphatic carbocycles. The fourth-order valence-electron chi connectivity index (χ4n) is 7.69. The molecule has 11 aromatic rings. The van der Waals surface area contributed by atoms with Gasteiger partial charge in [-0.15, -0.1) is 0 Å². The van der Waals surface area contributed by atoms with E-state index in [2.05, 4.69) is 6.07 Å². The van der Waals surface area contributed by atoms with E-state index in [1.807, 2.05) is 72.8 Å². The van der Waals surface area contributed by atoms with E-state index in [0.29, 0.717) is 27.5 Å². The number of rotatable bonds is 3. The zero-order chi connectivity index (χ0) is 46.5. The Balaban J connectivity index is 1.34. The molecule has 1 nitrogen and oxygen atoms in total. The van der Waals surface area contributed by atoms with Crippen molar-refractivity contribution >= 4 is 75.8 Å². The van der Waals surface area contributed by atoms with Crippen LogP contribution < -0.4 is 0 Å². The lowest BCUT2D eigenvalue weighted by Gasteiger charge is -2.20.